The van der Waals surface area contributed by atoms with Gasteiger partial charge in [-0.2, -0.15) is 0 Å². The van der Waals surface area contributed by atoms with Gasteiger partial charge in [0.1, 0.15) is 23.5 Å². The summed E-state index contributed by atoms with van der Waals surface area (Å²) in [6.45, 7) is 1.87. The van der Waals surface area contributed by atoms with Crippen LogP contribution in [0.4, 0.5) is 0 Å². The van der Waals surface area contributed by atoms with Gasteiger partial charge in [0, 0.05) is 34.9 Å². The molecule has 31 heavy (non-hydrogen) atoms. The molecule has 1 aliphatic heterocycles. The van der Waals surface area contributed by atoms with Gasteiger partial charge in [0.05, 0.1) is 14.2 Å². The molecule has 1 heterocycles. The Morgan fingerprint density at radius 1 is 1.03 bits per heavy atom. The van der Waals surface area contributed by atoms with Crippen molar-refractivity contribution in [1.29, 1.82) is 0 Å². The fraction of sp³-hybridized carbons (Fsp3) is 0.560. The summed E-state index contributed by atoms with van der Waals surface area (Å²) in [7, 11) is 3.20. The van der Waals surface area contributed by atoms with Crippen LogP contribution in [0.15, 0.2) is 34.5 Å². The number of nitrogens with zero attached hydrogens (tertiary/aromatic N) is 1. The summed E-state index contributed by atoms with van der Waals surface area (Å²) in [6, 6.07) is 5.52. The molecule has 6 heteroatoms. The maximum Gasteiger partial charge on any atom is 0.315 e. The van der Waals surface area contributed by atoms with Crippen molar-refractivity contribution in [2.24, 2.45) is 10.9 Å². The summed E-state index contributed by atoms with van der Waals surface area (Å²) >= 11 is 0. The number of allylic oxidation sites excluding steroid dienone is 2. The largest absolute Gasteiger partial charge is 0.497 e. The average Bonchev–Trinajstić information content (AvgIpc) is 2.78. The van der Waals surface area contributed by atoms with Crippen LogP contribution in [0, 0.1) is 5.92 Å². The first-order valence-corrected chi connectivity index (χ1v) is 11.3. The molecular formula is C25H31NO5. The van der Waals surface area contributed by atoms with Crippen molar-refractivity contribution in [2.75, 3.05) is 14.2 Å². The second-order valence-corrected chi connectivity index (χ2v) is 8.65. The Morgan fingerprint density at radius 2 is 1.81 bits per heavy atom. The number of aliphatic imine (C=N–C) groups is 1. The molecule has 0 aromatic heterocycles. The van der Waals surface area contributed by atoms with E-state index in [0.29, 0.717) is 29.2 Å². The molecule has 1 unspecified atom stereocenters. The van der Waals surface area contributed by atoms with E-state index in [-0.39, 0.29) is 17.9 Å². The van der Waals surface area contributed by atoms with E-state index in [1.54, 1.807) is 14.2 Å². The van der Waals surface area contributed by atoms with E-state index >= 15 is 0 Å². The lowest BCUT2D eigenvalue weighted by molar-refractivity contribution is -0.153. The Balaban J connectivity index is 1.79. The topological polar surface area (TPSA) is 74.2 Å². The molecule has 166 valence electrons. The van der Waals surface area contributed by atoms with E-state index in [9.17, 15) is 9.59 Å². The standard InChI is InChI=1S/C25H31NO5/c1-15-22(25(28)31-16-8-5-4-6-9-16)23(24-19(26-15)10-7-11-20(24)27)18-14-17(29-2)12-13-21(18)30-3/h12-14,16,22-23H,4-11H2,1-3H3/t22?,23-/m0/s1. The number of ketones is 1. The number of carbonyl (C=O) groups excluding carboxylic acids is 2. The first-order chi connectivity index (χ1) is 15.0. The molecule has 1 fully saturated rings. The number of methoxy groups -OCH3 is 2. The fourth-order valence-corrected chi connectivity index (χ4v) is 5.15. The highest BCUT2D eigenvalue weighted by molar-refractivity contribution is 6.09. The number of carbonyl (C=O) groups is 2. The predicted octanol–water partition coefficient (Wildman–Crippen LogP) is 4.76. The van der Waals surface area contributed by atoms with Crippen LogP contribution < -0.4 is 9.47 Å². The number of benzene rings is 1. The zero-order valence-corrected chi connectivity index (χ0v) is 18.6. The van der Waals surface area contributed by atoms with Gasteiger partial charge >= 0.3 is 5.97 Å². The van der Waals surface area contributed by atoms with Gasteiger partial charge in [-0.05, 0) is 63.6 Å². The quantitative estimate of drug-likeness (QED) is 0.636. The highest BCUT2D eigenvalue weighted by Crippen LogP contribution is 2.47. The molecule has 2 atom stereocenters. The van der Waals surface area contributed by atoms with Gasteiger partial charge in [0.2, 0.25) is 0 Å². The molecule has 1 aromatic carbocycles. The van der Waals surface area contributed by atoms with E-state index in [1.807, 2.05) is 25.1 Å². The summed E-state index contributed by atoms with van der Waals surface area (Å²) in [5.74, 6) is -0.0945. The zero-order valence-electron chi connectivity index (χ0n) is 18.6. The molecule has 0 amide bonds. The summed E-state index contributed by atoms with van der Waals surface area (Å²) in [4.78, 5) is 31.3. The molecule has 0 spiro atoms. The Kier molecular flexibility index (Phi) is 6.44. The maximum atomic E-state index is 13.5. The van der Waals surface area contributed by atoms with E-state index in [2.05, 4.69) is 0 Å². The van der Waals surface area contributed by atoms with Gasteiger partial charge < -0.3 is 14.2 Å². The minimum absolute atomic E-state index is 0.0562. The molecule has 0 radical (unpaired) electrons. The van der Waals surface area contributed by atoms with Crippen LogP contribution in [0.25, 0.3) is 0 Å². The SMILES string of the molecule is COc1ccc(OC)c([C@@H]2C3=C(CCCC3=O)N=C(C)C2C(=O)OC2CCCCC2)c1. The van der Waals surface area contributed by atoms with Crippen molar-refractivity contribution >= 4 is 17.5 Å². The molecule has 0 saturated heterocycles. The third kappa shape index (κ3) is 4.25. The molecule has 3 aliphatic rings. The lowest BCUT2D eigenvalue weighted by Gasteiger charge is -2.36. The lowest BCUT2D eigenvalue weighted by atomic mass is 9.71. The molecular weight excluding hydrogens is 394 g/mol. The van der Waals surface area contributed by atoms with Crippen LogP contribution in [-0.4, -0.2) is 37.8 Å². The number of hydrogen-bond donors (Lipinski definition) is 0. The van der Waals surface area contributed by atoms with Gasteiger partial charge in [-0.15, -0.1) is 0 Å². The first kappa shape index (κ1) is 21.6. The summed E-state index contributed by atoms with van der Waals surface area (Å²) < 4.78 is 17.1. The Labute approximate surface area is 183 Å². The van der Waals surface area contributed by atoms with Gasteiger partial charge in [-0.3, -0.25) is 14.6 Å². The van der Waals surface area contributed by atoms with Crippen molar-refractivity contribution in [1.82, 2.24) is 0 Å². The summed E-state index contributed by atoms with van der Waals surface area (Å²) in [5.41, 5.74) is 2.90. The number of ether oxygens (including phenoxy) is 3. The zero-order chi connectivity index (χ0) is 22.0. The fourth-order valence-electron chi connectivity index (χ4n) is 5.15. The van der Waals surface area contributed by atoms with Crippen LogP contribution in [0.3, 0.4) is 0 Å². The van der Waals surface area contributed by atoms with Gasteiger partial charge in [0.25, 0.3) is 0 Å². The van der Waals surface area contributed by atoms with Gasteiger partial charge in [-0.25, -0.2) is 0 Å². The molecule has 1 aromatic rings. The van der Waals surface area contributed by atoms with Crippen LogP contribution >= 0.6 is 0 Å². The molecule has 1 saturated carbocycles. The first-order valence-electron chi connectivity index (χ1n) is 11.3. The van der Waals surface area contributed by atoms with Crippen LogP contribution in [0.1, 0.15) is 69.8 Å². The smallest absolute Gasteiger partial charge is 0.315 e. The Bertz CT molecular complexity index is 926. The monoisotopic (exact) mass is 425 g/mol. The number of rotatable bonds is 5. The molecule has 0 bridgehead atoms. The predicted molar refractivity (Wildman–Crippen MR) is 118 cm³/mol. The lowest BCUT2D eigenvalue weighted by Crippen LogP contribution is -2.39. The highest BCUT2D eigenvalue weighted by Gasteiger charge is 2.45. The van der Waals surface area contributed by atoms with Crippen molar-refractivity contribution in [3.05, 3.63) is 35.0 Å². The third-order valence-corrected chi connectivity index (χ3v) is 6.70. The van der Waals surface area contributed by atoms with Crippen molar-refractivity contribution in [3.63, 3.8) is 0 Å². The van der Waals surface area contributed by atoms with E-state index in [0.717, 1.165) is 49.8 Å². The van der Waals surface area contributed by atoms with Crippen LogP contribution in [-0.2, 0) is 14.3 Å². The molecule has 2 aliphatic carbocycles. The van der Waals surface area contributed by atoms with Crippen molar-refractivity contribution in [3.8, 4) is 11.5 Å². The number of hydrogen-bond acceptors (Lipinski definition) is 6. The number of esters is 1. The Hall–Kier alpha value is -2.63. The Morgan fingerprint density at radius 3 is 2.52 bits per heavy atom. The maximum absolute atomic E-state index is 13.5. The van der Waals surface area contributed by atoms with Gasteiger partial charge in [0.15, 0.2) is 5.78 Å². The number of Topliss-reactive ketones (excluding diaryl/α,β-unsaturated/α-hetero) is 1. The summed E-state index contributed by atoms with van der Waals surface area (Å²) in [5, 5.41) is 0. The molecule has 0 N–H and O–H groups in total. The second kappa shape index (κ2) is 9.25. The minimum Gasteiger partial charge on any atom is -0.497 e. The second-order valence-electron chi connectivity index (χ2n) is 8.65. The average molecular weight is 426 g/mol. The summed E-state index contributed by atoms with van der Waals surface area (Å²) in [6.07, 6.45) is 7.09. The normalized spacial score (nSPS) is 24.4. The minimum atomic E-state index is -0.649. The molecule has 4 rings (SSSR count). The highest BCUT2D eigenvalue weighted by atomic mass is 16.5. The van der Waals surface area contributed by atoms with Crippen LogP contribution in [0.2, 0.25) is 0 Å². The third-order valence-electron chi connectivity index (χ3n) is 6.70. The van der Waals surface area contributed by atoms with Crippen molar-refractivity contribution in [2.45, 2.75) is 70.3 Å². The van der Waals surface area contributed by atoms with Gasteiger partial charge in [-0.1, -0.05) is 6.42 Å². The van der Waals surface area contributed by atoms with E-state index in [4.69, 9.17) is 19.2 Å². The van der Waals surface area contributed by atoms with E-state index < -0.39 is 11.8 Å². The molecule has 6 nitrogen and oxygen atoms in total. The van der Waals surface area contributed by atoms with E-state index in [1.165, 1.54) is 6.42 Å². The van der Waals surface area contributed by atoms with Crippen LogP contribution in [0.5, 0.6) is 11.5 Å². The van der Waals surface area contributed by atoms with Crippen molar-refractivity contribution < 1.29 is 23.8 Å².